The minimum Gasteiger partial charge on any atom is -0.492 e. The molecule has 0 bridgehead atoms. The van der Waals surface area contributed by atoms with Crippen molar-refractivity contribution in [3.63, 3.8) is 0 Å². The normalized spacial score (nSPS) is 17.0. The Morgan fingerprint density at radius 2 is 2.26 bits per heavy atom. The van der Waals surface area contributed by atoms with Gasteiger partial charge in [0, 0.05) is 13.2 Å². The monoisotopic (exact) mass is 315 g/mol. The Kier molecular flexibility index (Phi) is 5.21. The number of rotatable bonds is 7. The predicted molar refractivity (Wildman–Crippen MR) is 88.2 cm³/mol. The van der Waals surface area contributed by atoms with Crippen molar-refractivity contribution >= 4 is 17.5 Å². The number of nitrogens with one attached hydrogen (secondary N) is 2. The van der Waals surface area contributed by atoms with Crippen LogP contribution in [0.5, 0.6) is 5.75 Å². The second kappa shape index (κ2) is 7.73. The van der Waals surface area contributed by atoms with E-state index in [1.54, 1.807) is 6.20 Å². The molecule has 0 saturated carbocycles. The van der Waals surface area contributed by atoms with E-state index < -0.39 is 0 Å². The fourth-order valence-electron chi connectivity index (χ4n) is 2.44. The minimum atomic E-state index is 0.250. The van der Waals surface area contributed by atoms with E-state index in [0.717, 1.165) is 37.4 Å². The fourth-order valence-corrected chi connectivity index (χ4v) is 2.44. The van der Waals surface area contributed by atoms with Crippen LogP contribution in [0.25, 0.3) is 0 Å². The van der Waals surface area contributed by atoms with E-state index in [9.17, 15) is 0 Å². The minimum absolute atomic E-state index is 0.250. The third-order valence-corrected chi connectivity index (χ3v) is 3.53. The van der Waals surface area contributed by atoms with Crippen LogP contribution >= 0.6 is 0 Å². The standard InChI is InChI=1S/C16H21N5O2/c1-2-22-14-8-4-3-7-13(14)19-16-20-15(11-18-21-16)17-10-12-6-5-9-23-12/h3-4,7-8,11-12H,2,5-6,9-10H2,1H3,(H2,17,19,20,21). The van der Waals surface area contributed by atoms with Crippen LogP contribution in [-0.2, 0) is 4.74 Å². The third kappa shape index (κ3) is 4.29. The van der Waals surface area contributed by atoms with E-state index in [-0.39, 0.29) is 6.10 Å². The summed E-state index contributed by atoms with van der Waals surface area (Å²) in [6, 6.07) is 7.67. The van der Waals surface area contributed by atoms with Crippen molar-refractivity contribution in [2.24, 2.45) is 0 Å². The van der Waals surface area contributed by atoms with E-state index in [4.69, 9.17) is 9.47 Å². The highest BCUT2D eigenvalue weighted by Gasteiger charge is 2.15. The third-order valence-electron chi connectivity index (χ3n) is 3.53. The molecule has 0 radical (unpaired) electrons. The van der Waals surface area contributed by atoms with Gasteiger partial charge in [0.05, 0.1) is 24.6 Å². The van der Waals surface area contributed by atoms with Crippen LogP contribution < -0.4 is 15.4 Å². The van der Waals surface area contributed by atoms with Gasteiger partial charge in [-0.1, -0.05) is 12.1 Å². The zero-order valence-corrected chi connectivity index (χ0v) is 13.2. The van der Waals surface area contributed by atoms with Gasteiger partial charge in [-0.2, -0.15) is 10.1 Å². The molecule has 0 amide bonds. The summed E-state index contributed by atoms with van der Waals surface area (Å²) in [6.45, 7) is 4.12. The maximum Gasteiger partial charge on any atom is 0.249 e. The highest BCUT2D eigenvalue weighted by molar-refractivity contribution is 5.62. The van der Waals surface area contributed by atoms with Gasteiger partial charge in [-0.25, -0.2) is 0 Å². The largest absolute Gasteiger partial charge is 0.492 e. The van der Waals surface area contributed by atoms with Crippen molar-refractivity contribution in [2.75, 3.05) is 30.4 Å². The second-order valence-corrected chi connectivity index (χ2v) is 5.24. The van der Waals surface area contributed by atoms with Gasteiger partial charge in [0.15, 0.2) is 5.82 Å². The number of benzene rings is 1. The molecule has 1 fully saturated rings. The number of hydrogen-bond donors (Lipinski definition) is 2. The van der Waals surface area contributed by atoms with E-state index in [2.05, 4.69) is 25.8 Å². The molecule has 7 heteroatoms. The molecule has 1 aromatic heterocycles. The summed E-state index contributed by atoms with van der Waals surface area (Å²) in [5, 5.41) is 14.4. The molecule has 1 aromatic carbocycles. The van der Waals surface area contributed by atoms with E-state index in [1.165, 1.54) is 0 Å². The first-order valence-electron chi connectivity index (χ1n) is 7.89. The van der Waals surface area contributed by atoms with Crippen LogP contribution in [0, 0.1) is 0 Å². The maximum absolute atomic E-state index is 5.58. The highest BCUT2D eigenvalue weighted by Crippen LogP contribution is 2.26. The zero-order valence-electron chi connectivity index (χ0n) is 13.2. The molecule has 1 aliphatic heterocycles. The van der Waals surface area contributed by atoms with E-state index in [1.807, 2.05) is 31.2 Å². The lowest BCUT2D eigenvalue weighted by Crippen LogP contribution is -2.19. The molecule has 3 rings (SSSR count). The average Bonchev–Trinajstić information content (AvgIpc) is 3.09. The number of nitrogens with zero attached hydrogens (tertiary/aromatic N) is 3. The Labute approximate surface area is 135 Å². The molecule has 2 N–H and O–H groups in total. The highest BCUT2D eigenvalue weighted by atomic mass is 16.5. The van der Waals surface area contributed by atoms with Gasteiger partial charge in [0.2, 0.25) is 5.95 Å². The van der Waals surface area contributed by atoms with Gasteiger partial charge in [0.25, 0.3) is 0 Å². The first-order chi connectivity index (χ1) is 11.3. The van der Waals surface area contributed by atoms with E-state index in [0.29, 0.717) is 18.4 Å². The number of aromatic nitrogens is 3. The summed E-state index contributed by atoms with van der Waals surface area (Å²) in [6.07, 6.45) is 4.06. The Morgan fingerprint density at radius 3 is 3.09 bits per heavy atom. The van der Waals surface area contributed by atoms with Crippen LogP contribution in [0.1, 0.15) is 19.8 Å². The quantitative estimate of drug-likeness (QED) is 0.812. The van der Waals surface area contributed by atoms with Gasteiger partial charge in [-0.15, -0.1) is 5.10 Å². The van der Waals surface area contributed by atoms with Crippen molar-refractivity contribution < 1.29 is 9.47 Å². The molecule has 122 valence electrons. The molecule has 0 aliphatic carbocycles. The van der Waals surface area contributed by atoms with Gasteiger partial charge in [-0.05, 0) is 31.9 Å². The van der Waals surface area contributed by atoms with Gasteiger partial charge in [-0.3, -0.25) is 0 Å². The van der Waals surface area contributed by atoms with Crippen LogP contribution in [0.15, 0.2) is 30.5 Å². The number of para-hydroxylation sites is 2. The summed E-state index contributed by atoms with van der Waals surface area (Å²) < 4.78 is 11.2. The SMILES string of the molecule is CCOc1ccccc1Nc1nncc(NCC2CCCO2)n1. The molecular formula is C16H21N5O2. The molecule has 2 aromatic rings. The van der Waals surface area contributed by atoms with Crippen molar-refractivity contribution in [1.82, 2.24) is 15.2 Å². The van der Waals surface area contributed by atoms with Gasteiger partial charge >= 0.3 is 0 Å². The van der Waals surface area contributed by atoms with Crippen LogP contribution in [0.3, 0.4) is 0 Å². The molecule has 1 saturated heterocycles. The molecule has 0 spiro atoms. The number of ether oxygens (including phenoxy) is 2. The summed E-state index contributed by atoms with van der Waals surface area (Å²) in [7, 11) is 0. The fraction of sp³-hybridized carbons (Fsp3) is 0.438. The Morgan fingerprint density at radius 1 is 1.35 bits per heavy atom. The lowest BCUT2D eigenvalue weighted by Gasteiger charge is -2.13. The predicted octanol–water partition coefficient (Wildman–Crippen LogP) is 2.60. The molecule has 7 nitrogen and oxygen atoms in total. The number of anilines is 3. The average molecular weight is 315 g/mol. The van der Waals surface area contributed by atoms with Crippen molar-refractivity contribution in [3.8, 4) is 5.75 Å². The summed E-state index contributed by atoms with van der Waals surface area (Å²) in [5.41, 5.74) is 0.812. The maximum atomic E-state index is 5.58. The molecule has 1 atom stereocenters. The molecule has 1 aliphatic rings. The van der Waals surface area contributed by atoms with Crippen molar-refractivity contribution in [1.29, 1.82) is 0 Å². The Hall–Kier alpha value is -2.41. The summed E-state index contributed by atoms with van der Waals surface area (Å²) in [5.74, 6) is 1.86. The molecule has 2 heterocycles. The van der Waals surface area contributed by atoms with Gasteiger partial charge < -0.3 is 20.1 Å². The lowest BCUT2D eigenvalue weighted by molar-refractivity contribution is 0.120. The Bertz CT molecular complexity index is 631. The lowest BCUT2D eigenvalue weighted by atomic mass is 10.2. The summed E-state index contributed by atoms with van der Waals surface area (Å²) >= 11 is 0. The molecular weight excluding hydrogens is 294 g/mol. The smallest absolute Gasteiger partial charge is 0.249 e. The Balaban J connectivity index is 1.65. The van der Waals surface area contributed by atoms with Crippen LogP contribution in [0.2, 0.25) is 0 Å². The first-order valence-corrected chi connectivity index (χ1v) is 7.89. The van der Waals surface area contributed by atoms with Crippen LogP contribution in [-0.4, -0.2) is 41.0 Å². The van der Waals surface area contributed by atoms with E-state index >= 15 is 0 Å². The topological polar surface area (TPSA) is 81.2 Å². The molecule has 23 heavy (non-hydrogen) atoms. The number of hydrogen-bond acceptors (Lipinski definition) is 7. The first kappa shape index (κ1) is 15.5. The van der Waals surface area contributed by atoms with Crippen LogP contribution in [0.4, 0.5) is 17.5 Å². The van der Waals surface area contributed by atoms with Crippen molar-refractivity contribution in [3.05, 3.63) is 30.5 Å². The zero-order chi connectivity index (χ0) is 15.9. The van der Waals surface area contributed by atoms with Gasteiger partial charge in [0.1, 0.15) is 5.75 Å². The molecule has 1 unspecified atom stereocenters. The second-order valence-electron chi connectivity index (χ2n) is 5.24. The van der Waals surface area contributed by atoms with Crippen molar-refractivity contribution in [2.45, 2.75) is 25.9 Å². The summed E-state index contributed by atoms with van der Waals surface area (Å²) in [4.78, 5) is 4.42.